The maximum atomic E-state index is 13.3. The molecule has 0 unspecified atom stereocenters. The standard InChI is InChI=1S/C11H8FN3/c12-10-3-1-2-4-11(10)15-8-6-9(14-15)5-7-13/h1-4,6,8H,5H2. The Kier molecular flexibility index (Phi) is 2.46. The fraction of sp³-hybridized carbons (Fsp3) is 0.0909. The molecular weight excluding hydrogens is 193 g/mol. The van der Waals surface area contributed by atoms with Crippen molar-refractivity contribution in [2.75, 3.05) is 0 Å². The van der Waals surface area contributed by atoms with Crippen molar-refractivity contribution in [3.63, 3.8) is 0 Å². The highest BCUT2D eigenvalue weighted by Crippen LogP contribution is 2.11. The first-order valence-electron chi connectivity index (χ1n) is 4.47. The lowest BCUT2D eigenvalue weighted by molar-refractivity contribution is 0.610. The Labute approximate surface area is 86.4 Å². The van der Waals surface area contributed by atoms with Gasteiger partial charge in [0.1, 0.15) is 11.5 Å². The summed E-state index contributed by atoms with van der Waals surface area (Å²) in [6.45, 7) is 0. The van der Waals surface area contributed by atoms with Gasteiger partial charge < -0.3 is 0 Å². The van der Waals surface area contributed by atoms with Gasteiger partial charge in [-0.3, -0.25) is 0 Å². The molecule has 15 heavy (non-hydrogen) atoms. The quantitative estimate of drug-likeness (QED) is 0.746. The van der Waals surface area contributed by atoms with E-state index in [0.29, 0.717) is 11.4 Å². The summed E-state index contributed by atoms with van der Waals surface area (Å²) in [5.74, 6) is -0.330. The lowest BCUT2D eigenvalue weighted by Gasteiger charge is -2.01. The van der Waals surface area contributed by atoms with Crippen molar-refractivity contribution in [3.8, 4) is 11.8 Å². The van der Waals surface area contributed by atoms with Crippen molar-refractivity contribution < 1.29 is 4.39 Å². The Morgan fingerprint density at radius 2 is 2.13 bits per heavy atom. The molecule has 1 aromatic heterocycles. The number of rotatable bonds is 2. The number of benzene rings is 1. The summed E-state index contributed by atoms with van der Waals surface area (Å²) < 4.78 is 14.8. The first-order chi connectivity index (χ1) is 7.31. The van der Waals surface area contributed by atoms with Crippen LogP contribution in [-0.2, 0) is 6.42 Å². The van der Waals surface area contributed by atoms with E-state index in [0.717, 1.165) is 0 Å². The molecule has 2 rings (SSSR count). The zero-order chi connectivity index (χ0) is 10.7. The van der Waals surface area contributed by atoms with Gasteiger partial charge in [0.15, 0.2) is 0 Å². The van der Waals surface area contributed by atoms with Crippen LogP contribution < -0.4 is 0 Å². The maximum absolute atomic E-state index is 13.3. The number of nitrogens with zero attached hydrogens (tertiary/aromatic N) is 3. The summed E-state index contributed by atoms with van der Waals surface area (Å²) in [6.07, 6.45) is 1.88. The van der Waals surface area contributed by atoms with Crippen LogP contribution in [0, 0.1) is 17.1 Å². The van der Waals surface area contributed by atoms with E-state index in [1.807, 2.05) is 6.07 Å². The second-order valence-electron chi connectivity index (χ2n) is 3.04. The van der Waals surface area contributed by atoms with E-state index >= 15 is 0 Å². The van der Waals surface area contributed by atoms with E-state index in [2.05, 4.69) is 5.10 Å². The van der Waals surface area contributed by atoms with Gasteiger partial charge in [-0.15, -0.1) is 0 Å². The van der Waals surface area contributed by atoms with Gasteiger partial charge in [0.05, 0.1) is 18.2 Å². The second-order valence-corrected chi connectivity index (χ2v) is 3.04. The van der Waals surface area contributed by atoms with Crippen LogP contribution in [0.15, 0.2) is 36.5 Å². The molecule has 0 saturated carbocycles. The van der Waals surface area contributed by atoms with Crippen LogP contribution in [0.25, 0.3) is 5.69 Å². The minimum atomic E-state index is -0.330. The molecule has 0 saturated heterocycles. The van der Waals surface area contributed by atoms with Crippen LogP contribution in [0.5, 0.6) is 0 Å². The van der Waals surface area contributed by atoms with Crippen LogP contribution >= 0.6 is 0 Å². The molecule has 0 bridgehead atoms. The Bertz CT molecular complexity index is 511. The summed E-state index contributed by atoms with van der Waals surface area (Å²) in [7, 11) is 0. The van der Waals surface area contributed by atoms with E-state index in [1.54, 1.807) is 30.5 Å². The summed E-state index contributed by atoms with van der Waals surface area (Å²) in [5.41, 5.74) is 1.03. The van der Waals surface area contributed by atoms with Gasteiger partial charge >= 0.3 is 0 Å². The average Bonchev–Trinajstić information content (AvgIpc) is 2.68. The first kappa shape index (κ1) is 9.41. The zero-order valence-electron chi connectivity index (χ0n) is 7.89. The highest BCUT2D eigenvalue weighted by molar-refractivity contribution is 5.32. The van der Waals surface area contributed by atoms with Crippen molar-refractivity contribution in [1.29, 1.82) is 5.26 Å². The van der Waals surface area contributed by atoms with Gasteiger partial charge in [0.2, 0.25) is 0 Å². The fourth-order valence-electron chi connectivity index (χ4n) is 1.31. The van der Waals surface area contributed by atoms with Gasteiger partial charge in [0, 0.05) is 6.20 Å². The summed E-state index contributed by atoms with van der Waals surface area (Å²) in [5, 5.41) is 12.6. The topological polar surface area (TPSA) is 41.6 Å². The minimum Gasteiger partial charge on any atom is -0.238 e. The van der Waals surface area contributed by atoms with Gasteiger partial charge in [-0.1, -0.05) is 12.1 Å². The molecule has 0 spiro atoms. The molecule has 0 amide bonds. The number of hydrogen-bond acceptors (Lipinski definition) is 2. The first-order valence-corrected chi connectivity index (χ1v) is 4.47. The van der Waals surface area contributed by atoms with Crippen LogP contribution in [0.3, 0.4) is 0 Å². The highest BCUT2D eigenvalue weighted by atomic mass is 19.1. The van der Waals surface area contributed by atoms with E-state index in [9.17, 15) is 4.39 Å². The van der Waals surface area contributed by atoms with Gasteiger partial charge in [-0.05, 0) is 18.2 Å². The Hall–Kier alpha value is -2.15. The maximum Gasteiger partial charge on any atom is 0.148 e. The van der Waals surface area contributed by atoms with E-state index < -0.39 is 0 Å². The molecular formula is C11H8FN3. The monoisotopic (exact) mass is 201 g/mol. The Morgan fingerprint density at radius 1 is 1.33 bits per heavy atom. The molecule has 1 heterocycles. The van der Waals surface area contributed by atoms with Crippen LogP contribution in [0.1, 0.15) is 5.69 Å². The molecule has 0 aliphatic carbocycles. The van der Waals surface area contributed by atoms with E-state index in [-0.39, 0.29) is 12.2 Å². The molecule has 74 valence electrons. The molecule has 1 aromatic carbocycles. The van der Waals surface area contributed by atoms with Gasteiger partial charge in [-0.2, -0.15) is 10.4 Å². The van der Waals surface area contributed by atoms with Crippen LogP contribution in [0.2, 0.25) is 0 Å². The Morgan fingerprint density at radius 3 is 2.87 bits per heavy atom. The molecule has 4 heteroatoms. The van der Waals surface area contributed by atoms with Crippen molar-refractivity contribution in [2.45, 2.75) is 6.42 Å². The average molecular weight is 201 g/mol. The molecule has 0 radical (unpaired) electrons. The lowest BCUT2D eigenvalue weighted by Crippen LogP contribution is -1.98. The normalized spacial score (nSPS) is 9.87. The minimum absolute atomic E-state index is 0.238. The predicted molar refractivity (Wildman–Crippen MR) is 52.8 cm³/mol. The smallest absolute Gasteiger partial charge is 0.148 e. The number of nitriles is 1. The third-order valence-corrected chi connectivity index (χ3v) is 2.00. The predicted octanol–water partition coefficient (Wildman–Crippen LogP) is 2.08. The van der Waals surface area contributed by atoms with Crippen molar-refractivity contribution >= 4 is 0 Å². The highest BCUT2D eigenvalue weighted by Gasteiger charge is 2.04. The van der Waals surface area contributed by atoms with Crippen molar-refractivity contribution in [1.82, 2.24) is 9.78 Å². The number of para-hydroxylation sites is 1. The number of hydrogen-bond donors (Lipinski definition) is 0. The van der Waals surface area contributed by atoms with E-state index in [4.69, 9.17) is 5.26 Å². The molecule has 2 aromatic rings. The largest absolute Gasteiger partial charge is 0.238 e. The van der Waals surface area contributed by atoms with Gasteiger partial charge in [-0.25, -0.2) is 9.07 Å². The van der Waals surface area contributed by atoms with Gasteiger partial charge in [0.25, 0.3) is 0 Å². The second kappa shape index (κ2) is 3.93. The Balaban J connectivity index is 2.38. The molecule has 0 aliphatic rings. The number of aromatic nitrogens is 2. The van der Waals surface area contributed by atoms with Crippen molar-refractivity contribution in [3.05, 3.63) is 48.0 Å². The van der Waals surface area contributed by atoms with Crippen LogP contribution in [-0.4, -0.2) is 9.78 Å². The molecule has 0 aliphatic heterocycles. The third kappa shape index (κ3) is 1.86. The summed E-state index contributed by atoms with van der Waals surface area (Å²) in [4.78, 5) is 0. The summed E-state index contributed by atoms with van der Waals surface area (Å²) >= 11 is 0. The molecule has 3 nitrogen and oxygen atoms in total. The zero-order valence-corrected chi connectivity index (χ0v) is 7.89. The fourth-order valence-corrected chi connectivity index (χ4v) is 1.31. The number of halogens is 1. The SMILES string of the molecule is N#CCc1ccn(-c2ccccc2F)n1. The molecule has 0 atom stereocenters. The lowest BCUT2D eigenvalue weighted by atomic mass is 10.3. The van der Waals surface area contributed by atoms with E-state index in [1.165, 1.54) is 10.7 Å². The van der Waals surface area contributed by atoms with Crippen LogP contribution in [0.4, 0.5) is 4.39 Å². The molecule has 0 fully saturated rings. The third-order valence-electron chi connectivity index (χ3n) is 2.00. The molecule has 0 N–H and O–H groups in total. The van der Waals surface area contributed by atoms with Crippen molar-refractivity contribution in [2.24, 2.45) is 0 Å². The summed E-state index contributed by atoms with van der Waals surface area (Å²) in [6, 6.07) is 10.1.